The molecule has 9 heteroatoms. The van der Waals surface area contributed by atoms with E-state index in [-0.39, 0.29) is 42.1 Å². The molecule has 1 atom stereocenters. The summed E-state index contributed by atoms with van der Waals surface area (Å²) in [6.45, 7) is 1.48. The quantitative estimate of drug-likeness (QED) is 0.685. The third-order valence-electron chi connectivity index (χ3n) is 4.11. The van der Waals surface area contributed by atoms with Crippen molar-refractivity contribution in [2.75, 3.05) is 25.1 Å². The highest BCUT2D eigenvalue weighted by Crippen LogP contribution is 2.21. The molecule has 28 heavy (non-hydrogen) atoms. The monoisotopic (exact) mass is 427 g/mol. The van der Waals surface area contributed by atoms with Gasteiger partial charge in [0.25, 0.3) is 5.91 Å². The van der Waals surface area contributed by atoms with Crippen molar-refractivity contribution >= 4 is 41.5 Å². The molecular formula is C19H20Cl2FN3O3. The van der Waals surface area contributed by atoms with Gasteiger partial charge in [0.15, 0.2) is 0 Å². The summed E-state index contributed by atoms with van der Waals surface area (Å²) < 4.78 is 18.9. The zero-order valence-electron chi connectivity index (χ0n) is 14.8. The maximum absolute atomic E-state index is 13.7. The molecule has 3 rings (SSSR count). The fourth-order valence-corrected chi connectivity index (χ4v) is 2.86. The molecule has 6 nitrogen and oxygen atoms in total. The smallest absolute Gasteiger partial charge is 0.253 e. The zero-order chi connectivity index (χ0) is 19.2. The third kappa shape index (κ3) is 5.65. The second-order valence-corrected chi connectivity index (χ2v) is 6.45. The van der Waals surface area contributed by atoms with Gasteiger partial charge in [-0.05, 0) is 24.3 Å². The molecule has 0 bridgehead atoms. The summed E-state index contributed by atoms with van der Waals surface area (Å²) in [4.78, 5) is 24.7. The van der Waals surface area contributed by atoms with Crippen molar-refractivity contribution in [1.29, 1.82) is 0 Å². The molecule has 1 heterocycles. The molecule has 0 radical (unpaired) electrons. The molecule has 2 amide bonds. The highest BCUT2D eigenvalue weighted by atomic mass is 35.5. The van der Waals surface area contributed by atoms with Crippen molar-refractivity contribution < 1.29 is 18.7 Å². The minimum absolute atomic E-state index is 0. The van der Waals surface area contributed by atoms with E-state index in [0.717, 1.165) is 0 Å². The summed E-state index contributed by atoms with van der Waals surface area (Å²) in [5.74, 6) is -1.11. The van der Waals surface area contributed by atoms with Crippen molar-refractivity contribution in [3.63, 3.8) is 0 Å². The van der Waals surface area contributed by atoms with Gasteiger partial charge >= 0.3 is 0 Å². The Morgan fingerprint density at radius 3 is 2.75 bits per heavy atom. The molecular weight excluding hydrogens is 408 g/mol. The largest absolute Gasteiger partial charge is 0.378 e. The molecule has 1 fully saturated rings. The van der Waals surface area contributed by atoms with Gasteiger partial charge in [0.05, 0.1) is 23.8 Å². The summed E-state index contributed by atoms with van der Waals surface area (Å²) >= 11 is 6.11. The molecule has 1 unspecified atom stereocenters. The van der Waals surface area contributed by atoms with E-state index in [2.05, 4.69) is 16.0 Å². The molecule has 1 aliphatic rings. The Labute approximate surface area is 173 Å². The standard InChI is InChI=1S/C19H19ClFN3O3.ClH/c20-15-6-5-13(24-19(26)17-11-27-8-7-22-17)9-14(15)18(25)23-10-12-3-1-2-4-16(12)21;/h1-6,9,17,22H,7-8,10-11H2,(H,23,25)(H,24,26);1H. The number of hydrogen-bond acceptors (Lipinski definition) is 4. The van der Waals surface area contributed by atoms with Gasteiger partial charge in [0.1, 0.15) is 11.9 Å². The van der Waals surface area contributed by atoms with Crippen LogP contribution in [0.5, 0.6) is 0 Å². The van der Waals surface area contributed by atoms with E-state index in [1.807, 2.05) is 0 Å². The highest BCUT2D eigenvalue weighted by molar-refractivity contribution is 6.34. The number of carbonyl (C=O) groups excluding carboxylic acids is 2. The maximum Gasteiger partial charge on any atom is 0.253 e. The molecule has 0 saturated carbocycles. The number of benzene rings is 2. The first-order valence-electron chi connectivity index (χ1n) is 8.48. The second kappa shape index (κ2) is 10.4. The predicted octanol–water partition coefficient (Wildman–Crippen LogP) is 2.76. The van der Waals surface area contributed by atoms with Crippen LogP contribution >= 0.6 is 24.0 Å². The second-order valence-electron chi connectivity index (χ2n) is 6.04. The number of hydrogen-bond donors (Lipinski definition) is 3. The van der Waals surface area contributed by atoms with Crippen LogP contribution in [0.1, 0.15) is 15.9 Å². The SMILES string of the molecule is Cl.O=C(NCc1ccccc1F)c1cc(NC(=O)C2COCCN2)ccc1Cl. The lowest BCUT2D eigenvalue weighted by molar-refractivity contribution is -0.120. The maximum atomic E-state index is 13.7. The van der Waals surface area contributed by atoms with Crippen LogP contribution in [0.15, 0.2) is 42.5 Å². The third-order valence-corrected chi connectivity index (χ3v) is 4.44. The minimum Gasteiger partial charge on any atom is -0.378 e. The van der Waals surface area contributed by atoms with E-state index < -0.39 is 17.8 Å². The van der Waals surface area contributed by atoms with E-state index in [9.17, 15) is 14.0 Å². The Balaban J connectivity index is 0.00000280. The molecule has 2 aromatic rings. The van der Waals surface area contributed by atoms with E-state index >= 15 is 0 Å². The molecule has 0 spiro atoms. The Hall–Kier alpha value is -2.19. The fraction of sp³-hybridized carbons (Fsp3) is 0.263. The summed E-state index contributed by atoms with van der Waals surface area (Å²) in [6, 6.07) is 10.4. The average molecular weight is 428 g/mol. The van der Waals surface area contributed by atoms with Crippen molar-refractivity contribution in [1.82, 2.24) is 10.6 Å². The lowest BCUT2D eigenvalue weighted by Gasteiger charge is -2.23. The van der Waals surface area contributed by atoms with Crippen LogP contribution in [-0.4, -0.2) is 37.6 Å². The van der Waals surface area contributed by atoms with Gasteiger partial charge in [-0.2, -0.15) is 0 Å². The van der Waals surface area contributed by atoms with E-state index in [0.29, 0.717) is 24.4 Å². The highest BCUT2D eigenvalue weighted by Gasteiger charge is 2.21. The molecule has 0 aromatic heterocycles. The lowest BCUT2D eigenvalue weighted by Crippen LogP contribution is -2.48. The summed E-state index contributed by atoms with van der Waals surface area (Å²) in [7, 11) is 0. The Morgan fingerprint density at radius 1 is 1.25 bits per heavy atom. The Kier molecular flexibility index (Phi) is 8.19. The number of halogens is 3. The molecule has 150 valence electrons. The number of ether oxygens (including phenoxy) is 1. The summed E-state index contributed by atoms with van der Waals surface area (Å²) in [5.41, 5.74) is 1.00. The van der Waals surface area contributed by atoms with Crippen LogP contribution in [0.3, 0.4) is 0 Å². The van der Waals surface area contributed by atoms with Crippen LogP contribution in [0, 0.1) is 5.82 Å². The van der Waals surface area contributed by atoms with E-state index in [1.165, 1.54) is 18.2 Å². The van der Waals surface area contributed by atoms with E-state index in [1.54, 1.807) is 24.3 Å². The molecule has 1 aliphatic heterocycles. The van der Waals surface area contributed by atoms with Crippen molar-refractivity contribution in [3.8, 4) is 0 Å². The number of amides is 2. The van der Waals surface area contributed by atoms with Gasteiger partial charge in [0, 0.05) is 24.3 Å². The first-order chi connectivity index (χ1) is 13.0. The number of morpholine rings is 1. The van der Waals surface area contributed by atoms with Crippen molar-refractivity contribution in [3.05, 3.63) is 64.4 Å². The van der Waals surface area contributed by atoms with Gasteiger partial charge in [-0.1, -0.05) is 29.8 Å². The average Bonchev–Trinajstić information content (AvgIpc) is 2.69. The van der Waals surface area contributed by atoms with Crippen LogP contribution in [-0.2, 0) is 16.1 Å². The van der Waals surface area contributed by atoms with Gasteiger partial charge in [-0.15, -0.1) is 12.4 Å². The molecule has 3 N–H and O–H groups in total. The number of carbonyl (C=O) groups is 2. The normalized spacial score (nSPS) is 16.0. The summed E-state index contributed by atoms with van der Waals surface area (Å²) in [5, 5.41) is 8.66. The van der Waals surface area contributed by atoms with Gasteiger partial charge < -0.3 is 20.7 Å². The topological polar surface area (TPSA) is 79.5 Å². The van der Waals surface area contributed by atoms with Crippen LogP contribution in [0.25, 0.3) is 0 Å². The lowest BCUT2D eigenvalue weighted by atomic mass is 10.1. The van der Waals surface area contributed by atoms with Crippen molar-refractivity contribution in [2.24, 2.45) is 0 Å². The predicted molar refractivity (Wildman–Crippen MR) is 108 cm³/mol. The molecule has 1 saturated heterocycles. The zero-order valence-corrected chi connectivity index (χ0v) is 16.4. The number of anilines is 1. The van der Waals surface area contributed by atoms with Crippen LogP contribution in [0.2, 0.25) is 5.02 Å². The van der Waals surface area contributed by atoms with Crippen LogP contribution < -0.4 is 16.0 Å². The molecule has 2 aromatic carbocycles. The number of nitrogens with one attached hydrogen (secondary N) is 3. The molecule has 0 aliphatic carbocycles. The van der Waals surface area contributed by atoms with E-state index in [4.69, 9.17) is 16.3 Å². The first-order valence-corrected chi connectivity index (χ1v) is 8.85. The van der Waals surface area contributed by atoms with Gasteiger partial charge in [-0.3, -0.25) is 9.59 Å². The summed E-state index contributed by atoms with van der Waals surface area (Å²) in [6.07, 6.45) is 0. The minimum atomic E-state index is -0.460. The Bertz CT molecular complexity index is 845. The number of rotatable bonds is 5. The van der Waals surface area contributed by atoms with Crippen molar-refractivity contribution in [2.45, 2.75) is 12.6 Å². The Morgan fingerprint density at radius 2 is 2.04 bits per heavy atom. The van der Waals surface area contributed by atoms with Gasteiger partial charge in [-0.25, -0.2) is 4.39 Å². The first kappa shape index (κ1) is 22.1. The van der Waals surface area contributed by atoms with Gasteiger partial charge in [0.2, 0.25) is 5.91 Å². The van der Waals surface area contributed by atoms with Crippen LogP contribution in [0.4, 0.5) is 10.1 Å². The fourth-order valence-electron chi connectivity index (χ4n) is 2.65.